The first-order valence-electron chi connectivity index (χ1n) is 7.44. The van der Waals surface area contributed by atoms with Crippen LogP contribution in [0.3, 0.4) is 0 Å². The van der Waals surface area contributed by atoms with E-state index < -0.39 is 27.9 Å². The quantitative estimate of drug-likeness (QED) is 0.760. The van der Waals surface area contributed by atoms with Crippen molar-refractivity contribution in [1.82, 2.24) is 9.62 Å². The molecule has 0 spiro atoms. The van der Waals surface area contributed by atoms with E-state index in [2.05, 4.69) is 10.6 Å². The number of aliphatic carboxylic acids is 1. The number of sulfonamides is 1. The minimum Gasteiger partial charge on any atom is -0.480 e. The number of likely N-dealkylation sites (tertiary alicyclic amines) is 1. The second-order valence-electron chi connectivity index (χ2n) is 5.40. The van der Waals surface area contributed by atoms with Gasteiger partial charge in [0.15, 0.2) is 0 Å². The Labute approximate surface area is 140 Å². The van der Waals surface area contributed by atoms with Crippen LogP contribution in [0.5, 0.6) is 0 Å². The van der Waals surface area contributed by atoms with Gasteiger partial charge in [-0.3, -0.25) is 4.79 Å². The number of carbonyl (C=O) groups is 2. The van der Waals surface area contributed by atoms with Crippen LogP contribution in [0.2, 0.25) is 0 Å². The van der Waals surface area contributed by atoms with Crippen LogP contribution in [0, 0.1) is 12.3 Å². The smallest absolute Gasteiger partial charge is 0.326 e. The van der Waals surface area contributed by atoms with Gasteiger partial charge in [0.2, 0.25) is 10.0 Å². The lowest BCUT2D eigenvalue weighted by molar-refractivity contribution is -0.143. The highest BCUT2D eigenvalue weighted by Gasteiger charge is 2.32. The summed E-state index contributed by atoms with van der Waals surface area (Å²) in [6, 6.07) is 4.61. The molecule has 1 atom stereocenters. The van der Waals surface area contributed by atoms with Gasteiger partial charge < -0.3 is 10.0 Å². The molecule has 1 saturated heterocycles. The zero-order valence-corrected chi connectivity index (χ0v) is 13.8. The molecule has 0 aromatic heterocycles. The Morgan fingerprint density at radius 2 is 2.12 bits per heavy atom. The highest BCUT2D eigenvalue weighted by Crippen LogP contribution is 2.21. The summed E-state index contributed by atoms with van der Waals surface area (Å²) in [4.78, 5) is 25.1. The first-order valence-corrected chi connectivity index (χ1v) is 8.92. The van der Waals surface area contributed by atoms with E-state index in [1.54, 1.807) is 0 Å². The third kappa shape index (κ3) is 3.93. The molecule has 24 heavy (non-hydrogen) atoms. The third-order valence-corrected chi connectivity index (χ3v) is 5.20. The van der Waals surface area contributed by atoms with Crippen LogP contribution in [0.15, 0.2) is 29.2 Å². The number of hydrogen-bond donors (Lipinski definition) is 2. The number of carboxylic acid groups (broad SMARTS) is 1. The van der Waals surface area contributed by atoms with Crippen LogP contribution in [0.1, 0.15) is 29.6 Å². The molecule has 0 bridgehead atoms. The fourth-order valence-electron chi connectivity index (χ4n) is 2.61. The lowest BCUT2D eigenvalue weighted by Gasteiger charge is -2.33. The summed E-state index contributed by atoms with van der Waals surface area (Å²) in [5.41, 5.74) is 0.131. The molecule has 1 aromatic carbocycles. The Balaban J connectivity index is 2.29. The molecule has 1 unspecified atom stereocenters. The number of piperidine rings is 1. The maximum Gasteiger partial charge on any atom is 0.326 e. The Kier molecular flexibility index (Phi) is 5.59. The van der Waals surface area contributed by atoms with Crippen molar-refractivity contribution in [1.29, 1.82) is 0 Å². The second-order valence-corrected chi connectivity index (χ2v) is 7.17. The molecule has 1 heterocycles. The summed E-state index contributed by atoms with van der Waals surface area (Å²) in [6.07, 6.45) is 6.89. The first-order chi connectivity index (χ1) is 11.4. The minimum atomic E-state index is -3.82. The van der Waals surface area contributed by atoms with Crippen molar-refractivity contribution >= 4 is 21.9 Å². The number of hydrogen-bond acceptors (Lipinski definition) is 4. The van der Waals surface area contributed by atoms with Crippen molar-refractivity contribution in [3.63, 3.8) is 0 Å². The molecule has 0 aliphatic carbocycles. The van der Waals surface area contributed by atoms with E-state index in [1.165, 1.54) is 29.2 Å². The fraction of sp³-hybridized carbons (Fsp3) is 0.375. The van der Waals surface area contributed by atoms with Crippen molar-refractivity contribution < 1.29 is 23.1 Å². The molecule has 0 radical (unpaired) electrons. The van der Waals surface area contributed by atoms with E-state index in [-0.39, 0.29) is 17.0 Å². The van der Waals surface area contributed by atoms with E-state index >= 15 is 0 Å². The van der Waals surface area contributed by atoms with Gasteiger partial charge in [0, 0.05) is 12.1 Å². The van der Waals surface area contributed by atoms with Gasteiger partial charge in [0.05, 0.1) is 11.4 Å². The van der Waals surface area contributed by atoms with Crippen molar-refractivity contribution in [3.05, 3.63) is 29.8 Å². The minimum absolute atomic E-state index is 0.0903. The van der Waals surface area contributed by atoms with E-state index in [1.807, 2.05) is 0 Å². The number of terminal acetylenes is 1. The molecule has 1 fully saturated rings. The molecule has 1 aromatic rings. The average Bonchev–Trinajstić information content (AvgIpc) is 2.59. The highest BCUT2D eigenvalue weighted by atomic mass is 32.2. The maximum absolute atomic E-state index is 12.6. The van der Waals surface area contributed by atoms with Crippen LogP contribution in [0.25, 0.3) is 0 Å². The number of amides is 1. The van der Waals surface area contributed by atoms with E-state index in [4.69, 9.17) is 6.42 Å². The molecule has 8 heteroatoms. The Hall–Kier alpha value is -2.37. The van der Waals surface area contributed by atoms with E-state index in [0.717, 1.165) is 12.8 Å². The first kappa shape index (κ1) is 18.0. The molecule has 2 rings (SSSR count). The third-order valence-electron chi connectivity index (χ3n) is 3.80. The Morgan fingerprint density at radius 1 is 1.38 bits per heavy atom. The van der Waals surface area contributed by atoms with Gasteiger partial charge in [0.25, 0.3) is 5.91 Å². The molecule has 1 amide bonds. The molecular weight excluding hydrogens is 332 g/mol. The number of carboxylic acids is 1. The van der Waals surface area contributed by atoms with Gasteiger partial charge in [-0.2, -0.15) is 4.72 Å². The number of nitrogens with one attached hydrogen (secondary N) is 1. The van der Waals surface area contributed by atoms with E-state index in [9.17, 15) is 23.1 Å². The Morgan fingerprint density at radius 3 is 2.79 bits per heavy atom. The molecule has 0 saturated carbocycles. The summed E-state index contributed by atoms with van der Waals surface area (Å²) in [5.74, 6) is 0.627. The normalized spacial score (nSPS) is 18.0. The Bertz CT molecular complexity index is 782. The van der Waals surface area contributed by atoms with Crippen LogP contribution in [0.4, 0.5) is 0 Å². The van der Waals surface area contributed by atoms with Gasteiger partial charge in [-0.1, -0.05) is 12.0 Å². The largest absolute Gasteiger partial charge is 0.480 e. The number of benzene rings is 1. The standard InChI is InChI=1S/C16H18N2O5S/c1-2-9-17-24(22,23)13-7-5-6-12(11-13)15(19)18-10-4-3-8-14(18)16(20)21/h1,5-7,11,14,17H,3-4,8-10H2,(H,20,21). The summed E-state index contributed by atoms with van der Waals surface area (Å²) in [5, 5.41) is 9.27. The molecule has 7 nitrogen and oxygen atoms in total. The zero-order chi connectivity index (χ0) is 17.7. The number of carbonyl (C=O) groups excluding carboxylic acids is 1. The van der Waals surface area contributed by atoms with Crippen molar-refractivity contribution in [3.8, 4) is 12.3 Å². The average molecular weight is 350 g/mol. The molecule has 1 aliphatic rings. The SMILES string of the molecule is C#CCNS(=O)(=O)c1cccc(C(=O)N2CCCCC2C(=O)O)c1. The van der Waals surface area contributed by atoms with Gasteiger partial charge in [0.1, 0.15) is 6.04 Å². The summed E-state index contributed by atoms with van der Waals surface area (Å²) >= 11 is 0. The topological polar surface area (TPSA) is 104 Å². The van der Waals surface area contributed by atoms with Crippen LogP contribution in [-0.2, 0) is 14.8 Å². The van der Waals surface area contributed by atoms with Crippen molar-refractivity contribution in [2.45, 2.75) is 30.2 Å². The second kappa shape index (κ2) is 7.47. The number of nitrogens with zero attached hydrogens (tertiary/aromatic N) is 1. The van der Waals surface area contributed by atoms with Crippen LogP contribution >= 0.6 is 0 Å². The van der Waals surface area contributed by atoms with Gasteiger partial charge >= 0.3 is 5.97 Å². The summed E-state index contributed by atoms with van der Waals surface area (Å²) in [7, 11) is -3.82. The molecule has 2 N–H and O–H groups in total. The van der Waals surface area contributed by atoms with Gasteiger partial charge in [-0.15, -0.1) is 6.42 Å². The fourth-order valence-corrected chi connectivity index (χ4v) is 3.59. The van der Waals surface area contributed by atoms with Gasteiger partial charge in [-0.05, 0) is 37.5 Å². The van der Waals surface area contributed by atoms with Crippen molar-refractivity contribution in [2.75, 3.05) is 13.1 Å². The highest BCUT2D eigenvalue weighted by molar-refractivity contribution is 7.89. The van der Waals surface area contributed by atoms with Gasteiger partial charge in [-0.25, -0.2) is 13.2 Å². The monoisotopic (exact) mass is 350 g/mol. The summed E-state index contributed by atoms with van der Waals surface area (Å²) in [6.45, 7) is 0.176. The van der Waals surface area contributed by atoms with Crippen molar-refractivity contribution in [2.24, 2.45) is 0 Å². The lowest BCUT2D eigenvalue weighted by Crippen LogP contribution is -2.48. The molecule has 1 aliphatic heterocycles. The van der Waals surface area contributed by atoms with E-state index in [0.29, 0.717) is 13.0 Å². The van der Waals surface area contributed by atoms with Crippen LogP contribution < -0.4 is 4.72 Å². The predicted molar refractivity (Wildman–Crippen MR) is 86.8 cm³/mol. The molecular formula is C16H18N2O5S. The molecule has 128 valence electrons. The summed E-state index contributed by atoms with van der Waals surface area (Å²) < 4.78 is 26.4. The number of rotatable bonds is 5. The predicted octanol–water partition coefficient (Wildman–Crippen LogP) is 0.677. The lowest BCUT2D eigenvalue weighted by atomic mass is 10.0. The van der Waals surface area contributed by atoms with Crippen LogP contribution in [-0.4, -0.2) is 49.4 Å². The zero-order valence-electron chi connectivity index (χ0n) is 12.9. The maximum atomic E-state index is 12.6.